The van der Waals surface area contributed by atoms with Crippen molar-refractivity contribution in [3.63, 3.8) is 0 Å². The minimum atomic E-state index is 0.0744. The van der Waals surface area contributed by atoms with Crippen LogP contribution in [0.5, 0.6) is 0 Å². The Balaban J connectivity index is 2.11. The van der Waals surface area contributed by atoms with E-state index in [0.29, 0.717) is 0 Å². The number of aromatic nitrogens is 1. The van der Waals surface area contributed by atoms with Crippen molar-refractivity contribution < 1.29 is 0 Å². The van der Waals surface area contributed by atoms with Gasteiger partial charge in [-0.05, 0) is 12.5 Å². The molecule has 0 aliphatic carbocycles. The van der Waals surface area contributed by atoms with Crippen molar-refractivity contribution in [2.24, 2.45) is 5.73 Å². The van der Waals surface area contributed by atoms with Gasteiger partial charge in [0, 0.05) is 23.5 Å². The minimum absolute atomic E-state index is 0.0744. The molecule has 0 aliphatic rings. The summed E-state index contributed by atoms with van der Waals surface area (Å²) in [5.74, 6) is 0. The number of benzene rings is 1. The molecule has 0 saturated carbocycles. The van der Waals surface area contributed by atoms with Crippen molar-refractivity contribution in [1.82, 2.24) is 4.98 Å². The minimum Gasteiger partial charge on any atom is -0.324 e. The van der Waals surface area contributed by atoms with E-state index in [9.17, 15) is 0 Å². The highest BCUT2D eigenvalue weighted by Crippen LogP contribution is 2.18. The summed E-state index contributed by atoms with van der Waals surface area (Å²) in [6.07, 6.45) is 2.76. The van der Waals surface area contributed by atoms with Gasteiger partial charge < -0.3 is 5.73 Å². The molecule has 0 amide bonds. The molecule has 2 N–H and O–H groups in total. The Kier molecular flexibility index (Phi) is 3.14. The van der Waals surface area contributed by atoms with Crippen LogP contribution in [0.1, 0.15) is 22.0 Å². The third-order valence-corrected chi connectivity index (χ3v) is 3.18. The van der Waals surface area contributed by atoms with Crippen LogP contribution in [0.4, 0.5) is 0 Å². The van der Waals surface area contributed by atoms with Gasteiger partial charge in [-0.1, -0.05) is 29.8 Å². The van der Waals surface area contributed by atoms with Crippen LogP contribution in [0, 0.1) is 6.92 Å². The molecule has 1 unspecified atom stereocenters. The first kappa shape index (κ1) is 10.3. The van der Waals surface area contributed by atoms with Gasteiger partial charge in [0.05, 0.1) is 5.51 Å². The molecule has 1 aromatic carbocycles. The van der Waals surface area contributed by atoms with Crippen LogP contribution in [-0.2, 0) is 6.42 Å². The van der Waals surface area contributed by atoms with Crippen molar-refractivity contribution in [3.05, 3.63) is 52.0 Å². The van der Waals surface area contributed by atoms with E-state index in [1.165, 1.54) is 16.0 Å². The first-order valence-electron chi connectivity index (χ1n) is 4.95. The predicted molar refractivity (Wildman–Crippen MR) is 63.9 cm³/mol. The van der Waals surface area contributed by atoms with Crippen molar-refractivity contribution in [3.8, 4) is 0 Å². The lowest BCUT2D eigenvalue weighted by Gasteiger charge is -2.10. The molecule has 78 valence electrons. The number of hydrogen-bond donors (Lipinski definition) is 1. The summed E-state index contributed by atoms with van der Waals surface area (Å²) in [6.45, 7) is 2.09. The summed E-state index contributed by atoms with van der Waals surface area (Å²) >= 11 is 1.66. The zero-order valence-electron chi connectivity index (χ0n) is 8.68. The molecule has 1 heterocycles. The SMILES string of the molecule is Cc1cccc(C(N)Cc2cncs2)c1. The van der Waals surface area contributed by atoms with Gasteiger partial charge in [-0.2, -0.15) is 0 Å². The van der Waals surface area contributed by atoms with Gasteiger partial charge in [0.25, 0.3) is 0 Å². The van der Waals surface area contributed by atoms with Crippen LogP contribution in [0.3, 0.4) is 0 Å². The van der Waals surface area contributed by atoms with Crippen LogP contribution in [0.15, 0.2) is 36.0 Å². The van der Waals surface area contributed by atoms with E-state index in [2.05, 4.69) is 36.2 Å². The van der Waals surface area contributed by atoms with Gasteiger partial charge in [-0.3, -0.25) is 4.98 Å². The van der Waals surface area contributed by atoms with Gasteiger partial charge in [0.1, 0.15) is 0 Å². The van der Waals surface area contributed by atoms with Crippen LogP contribution in [0.2, 0.25) is 0 Å². The average Bonchev–Trinajstić information content (AvgIpc) is 2.70. The van der Waals surface area contributed by atoms with E-state index in [4.69, 9.17) is 5.73 Å². The lowest BCUT2D eigenvalue weighted by Crippen LogP contribution is -2.12. The van der Waals surface area contributed by atoms with Gasteiger partial charge in [-0.25, -0.2) is 0 Å². The summed E-state index contributed by atoms with van der Waals surface area (Å²) in [7, 11) is 0. The summed E-state index contributed by atoms with van der Waals surface area (Å²) in [5.41, 5.74) is 10.4. The fraction of sp³-hybridized carbons (Fsp3) is 0.250. The van der Waals surface area contributed by atoms with Crippen molar-refractivity contribution >= 4 is 11.3 Å². The second-order valence-corrected chi connectivity index (χ2v) is 4.66. The molecule has 0 bridgehead atoms. The molecule has 2 rings (SSSR count). The molecule has 0 fully saturated rings. The van der Waals surface area contributed by atoms with E-state index in [1.54, 1.807) is 11.3 Å². The first-order chi connectivity index (χ1) is 7.25. The smallest absolute Gasteiger partial charge is 0.0794 e. The van der Waals surface area contributed by atoms with Crippen LogP contribution in [0.25, 0.3) is 0 Å². The third-order valence-electron chi connectivity index (χ3n) is 2.37. The maximum Gasteiger partial charge on any atom is 0.0794 e. The number of rotatable bonds is 3. The highest BCUT2D eigenvalue weighted by atomic mass is 32.1. The lowest BCUT2D eigenvalue weighted by atomic mass is 10.0. The van der Waals surface area contributed by atoms with Crippen molar-refractivity contribution in [1.29, 1.82) is 0 Å². The number of hydrogen-bond acceptors (Lipinski definition) is 3. The van der Waals surface area contributed by atoms with E-state index < -0.39 is 0 Å². The van der Waals surface area contributed by atoms with E-state index >= 15 is 0 Å². The van der Waals surface area contributed by atoms with Gasteiger partial charge >= 0.3 is 0 Å². The Morgan fingerprint density at radius 3 is 3.00 bits per heavy atom. The largest absolute Gasteiger partial charge is 0.324 e. The summed E-state index contributed by atoms with van der Waals surface area (Å²) in [6, 6.07) is 8.44. The Hall–Kier alpha value is -1.19. The molecule has 1 atom stereocenters. The Labute approximate surface area is 93.8 Å². The molecular formula is C12H14N2S. The second-order valence-electron chi connectivity index (χ2n) is 3.69. The van der Waals surface area contributed by atoms with Crippen LogP contribution in [-0.4, -0.2) is 4.98 Å². The summed E-state index contributed by atoms with van der Waals surface area (Å²) < 4.78 is 0. The fourth-order valence-corrected chi connectivity index (χ4v) is 2.23. The maximum absolute atomic E-state index is 6.13. The van der Waals surface area contributed by atoms with E-state index in [0.717, 1.165) is 6.42 Å². The zero-order chi connectivity index (χ0) is 10.7. The number of nitrogens with two attached hydrogens (primary N) is 1. The molecule has 0 spiro atoms. The number of thiazole rings is 1. The summed E-state index contributed by atoms with van der Waals surface area (Å²) in [5, 5.41) is 0. The molecular weight excluding hydrogens is 204 g/mol. The van der Waals surface area contributed by atoms with Crippen LogP contribution < -0.4 is 5.73 Å². The zero-order valence-corrected chi connectivity index (χ0v) is 9.50. The molecule has 3 heteroatoms. The van der Waals surface area contributed by atoms with Crippen molar-refractivity contribution in [2.75, 3.05) is 0 Å². The maximum atomic E-state index is 6.13. The molecule has 0 aliphatic heterocycles. The molecule has 2 nitrogen and oxygen atoms in total. The topological polar surface area (TPSA) is 38.9 Å². The Morgan fingerprint density at radius 2 is 2.33 bits per heavy atom. The fourth-order valence-electron chi connectivity index (χ4n) is 1.58. The predicted octanol–water partition coefficient (Wildman–Crippen LogP) is 2.69. The number of aryl methyl sites for hydroxylation is 1. The highest BCUT2D eigenvalue weighted by molar-refractivity contribution is 7.09. The Morgan fingerprint density at radius 1 is 1.47 bits per heavy atom. The van der Waals surface area contributed by atoms with E-state index in [-0.39, 0.29) is 6.04 Å². The Bertz CT molecular complexity index is 423. The normalized spacial score (nSPS) is 12.7. The van der Waals surface area contributed by atoms with Gasteiger partial charge in [-0.15, -0.1) is 11.3 Å². The van der Waals surface area contributed by atoms with Gasteiger partial charge in [0.15, 0.2) is 0 Å². The molecule has 2 aromatic rings. The lowest BCUT2D eigenvalue weighted by molar-refractivity contribution is 0.728. The second kappa shape index (κ2) is 4.55. The quantitative estimate of drug-likeness (QED) is 0.860. The average molecular weight is 218 g/mol. The summed E-state index contributed by atoms with van der Waals surface area (Å²) in [4.78, 5) is 5.29. The van der Waals surface area contributed by atoms with Crippen LogP contribution >= 0.6 is 11.3 Å². The molecule has 15 heavy (non-hydrogen) atoms. The standard InChI is InChI=1S/C12H14N2S/c1-9-3-2-4-10(5-9)12(13)6-11-7-14-8-15-11/h2-5,7-8,12H,6,13H2,1H3. The third kappa shape index (κ3) is 2.64. The number of nitrogens with zero attached hydrogens (tertiary/aromatic N) is 1. The van der Waals surface area contributed by atoms with Gasteiger partial charge in [0.2, 0.25) is 0 Å². The monoisotopic (exact) mass is 218 g/mol. The molecule has 0 radical (unpaired) electrons. The first-order valence-corrected chi connectivity index (χ1v) is 5.83. The van der Waals surface area contributed by atoms with E-state index in [1.807, 2.05) is 11.7 Å². The molecule has 0 saturated heterocycles. The highest BCUT2D eigenvalue weighted by Gasteiger charge is 2.07. The molecule has 1 aromatic heterocycles. The van der Waals surface area contributed by atoms with Crippen molar-refractivity contribution in [2.45, 2.75) is 19.4 Å².